The molecule has 2 rings (SSSR count). The van der Waals surface area contributed by atoms with Gasteiger partial charge in [-0.2, -0.15) is 0 Å². The second-order valence-corrected chi connectivity index (χ2v) is 3.61. The highest BCUT2D eigenvalue weighted by Crippen LogP contribution is 2.32. The molecule has 2 nitrogen and oxygen atoms in total. The van der Waals surface area contributed by atoms with Crippen molar-refractivity contribution in [3.05, 3.63) is 47.2 Å². The first-order valence-electron chi connectivity index (χ1n) is 4.44. The number of benzene rings is 1. The van der Waals surface area contributed by atoms with Crippen molar-refractivity contribution >= 4 is 17.3 Å². The molecule has 1 aromatic carbocycles. The molecule has 2 N–H and O–H groups in total. The van der Waals surface area contributed by atoms with E-state index in [1.165, 1.54) is 12.4 Å². The Morgan fingerprint density at radius 3 is 2.62 bits per heavy atom. The van der Waals surface area contributed by atoms with Gasteiger partial charge in [-0.05, 0) is 18.2 Å². The Balaban J connectivity index is 2.67. The molecule has 0 bridgehead atoms. The largest absolute Gasteiger partial charge is 0.397 e. The first-order chi connectivity index (χ1) is 7.59. The van der Waals surface area contributed by atoms with Crippen molar-refractivity contribution in [2.75, 3.05) is 5.73 Å². The van der Waals surface area contributed by atoms with Crippen molar-refractivity contribution in [1.29, 1.82) is 0 Å². The van der Waals surface area contributed by atoms with Gasteiger partial charge in [0.1, 0.15) is 11.6 Å². The molecule has 0 unspecified atom stereocenters. The molecule has 0 saturated carbocycles. The maximum absolute atomic E-state index is 13.5. The molecule has 0 aliphatic carbocycles. The number of nitrogen functional groups attached to an aromatic ring is 1. The average molecular weight is 241 g/mol. The van der Waals surface area contributed by atoms with Crippen LogP contribution in [-0.2, 0) is 0 Å². The SMILES string of the molecule is Nc1c(Cl)cncc1-c1cc(F)ccc1F. The third-order valence-corrected chi connectivity index (χ3v) is 2.46. The molecule has 82 valence electrons. The van der Waals surface area contributed by atoms with E-state index in [1.54, 1.807) is 0 Å². The van der Waals surface area contributed by atoms with Crippen LogP contribution in [0, 0.1) is 11.6 Å². The van der Waals surface area contributed by atoms with E-state index in [1.807, 2.05) is 0 Å². The summed E-state index contributed by atoms with van der Waals surface area (Å²) in [5.41, 5.74) is 6.18. The lowest BCUT2D eigenvalue weighted by molar-refractivity contribution is 0.603. The third-order valence-electron chi connectivity index (χ3n) is 2.16. The molecule has 0 atom stereocenters. The lowest BCUT2D eigenvalue weighted by atomic mass is 10.1. The lowest BCUT2D eigenvalue weighted by Gasteiger charge is -2.07. The minimum absolute atomic E-state index is 0.0486. The molecule has 5 heteroatoms. The standard InChI is InChI=1S/C11H7ClF2N2/c12-9-5-16-4-8(11(9)15)7-3-6(13)1-2-10(7)14/h1-5H,(H2,15,16). The molecule has 0 aliphatic heterocycles. The molecular weight excluding hydrogens is 234 g/mol. The average Bonchev–Trinajstić information content (AvgIpc) is 2.26. The molecule has 1 heterocycles. The molecule has 0 fully saturated rings. The van der Waals surface area contributed by atoms with Crippen LogP contribution in [0.3, 0.4) is 0 Å². The monoisotopic (exact) mass is 240 g/mol. The molecule has 0 spiro atoms. The summed E-state index contributed by atoms with van der Waals surface area (Å²) in [5.74, 6) is -1.12. The van der Waals surface area contributed by atoms with Gasteiger partial charge in [-0.1, -0.05) is 11.6 Å². The molecule has 2 aromatic rings. The van der Waals surface area contributed by atoms with Crippen LogP contribution in [-0.4, -0.2) is 4.98 Å². The van der Waals surface area contributed by atoms with E-state index in [4.69, 9.17) is 17.3 Å². The molecule has 0 amide bonds. The first kappa shape index (κ1) is 10.8. The highest BCUT2D eigenvalue weighted by atomic mass is 35.5. The van der Waals surface area contributed by atoms with Gasteiger partial charge in [0.2, 0.25) is 0 Å². The van der Waals surface area contributed by atoms with Crippen molar-refractivity contribution in [3.8, 4) is 11.1 Å². The number of hydrogen-bond donors (Lipinski definition) is 1. The smallest absolute Gasteiger partial charge is 0.131 e. The van der Waals surface area contributed by atoms with Gasteiger partial charge in [0, 0.05) is 23.5 Å². The van der Waals surface area contributed by atoms with Crippen molar-refractivity contribution in [3.63, 3.8) is 0 Å². The Morgan fingerprint density at radius 1 is 1.12 bits per heavy atom. The quantitative estimate of drug-likeness (QED) is 0.831. The topological polar surface area (TPSA) is 38.9 Å². The van der Waals surface area contributed by atoms with E-state index < -0.39 is 11.6 Å². The molecule has 0 saturated heterocycles. The van der Waals surface area contributed by atoms with E-state index in [2.05, 4.69) is 4.98 Å². The van der Waals surface area contributed by atoms with Crippen molar-refractivity contribution in [2.45, 2.75) is 0 Å². The van der Waals surface area contributed by atoms with E-state index in [9.17, 15) is 8.78 Å². The zero-order valence-electron chi connectivity index (χ0n) is 8.05. The fourth-order valence-corrected chi connectivity index (χ4v) is 1.52. The maximum atomic E-state index is 13.5. The summed E-state index contributed by atoms with van der Waals surface area (Å²) in [6, 6.07) is 3.12. The van der Waals surface area contributed by atoms with Gasteiger partial charge >= 0.3 is 0 Å². The highest BCUT2D eigenvalue weighted by Gasteiger charge is 2.11. The fraction of sp³-hybridized carbons (Fsp3) is 0. The van der Waals surface area contributed by atoms with E-state index in [0.29, 0.717) is 0 Å². The van der Waals surface area contributed by atoms with Crippen molar-refractivity contribution in [2.24, 2.45) is 0 Å². The molecule has 0 aliphatic rings. The minimum atomic E-state index is -0.572. The number of anilines is 1. The predicted molar refractivity (Wildman–Crippen MR) is 59.0 cm³/mol. The summed E-state index contributed by atoms with van der Waals surface area (Å²) in [7, 11) is 0. The van der Waals surface area contributed by atoms with Crippen LogP contribution >= 0.6 is 11.6 Å². The van der Waals surface area contributed by atoms with Gasteiger partial charge in [0.25, 0.3) is 0 Å². The number of nitrogens with zero attached hydrogens (tertiary/aromatic N) is 1. The summed E-state index contributed by atoms with van der Waals surface area (Å²) < 4.78 is 26.5. The zero-order valence-corrected chi connectivity index (χ0v) is 8.80. The maximum Gasteiger partial charge on any atom is 0.131 e. The summed E-state index contributed by atoms with van der Waals surface area (Å²) in [5, 5.41) is 0.209. The van der Waals surface area contributed by atoms with E-state index in [-0.39, 0.29) is 21.8 Å². The van der Waals surface area contributed by atoms with Gasteiger partial charge in [0.05, 0.1) is 10.7 Å². The van der Waals surface area contributed by atoms with Crippen LogP contribution in [0.4, 0.5) is 14.5 Å². The Morgan fingerprint density at radius 2 is 1.88 bits per heavy atom. The van der Waals surface area contributed by atoms with Crippen LogP contribution in [0.2, 0.25) is 5.02 Å². The number of hydrogen-bond acceptors (Lipinski definition) is 2. The van der Waals surface area contributed by atoms with Crippen molar-refractivity contribution < 1.29 is 8.78 Å². The Hall–Kier alpha value is -1.68. The highest BCUT2D eigenvalue weighted by molar-refractivity contribution is 6.33. The summed E-state index contributed by atoms with van der Waals surface area (Å²) in [4.78, 5) is 3.79. The zero-order chi connectivity index (χ0) is 11.7. The normalized spacial score (nSPS) is 10.4. The Labute approximate surface area is 95.7 Å². The second-order valence-electron chi connectivity index (χ2n) is 3.21. The number of nitrogens with two attached hydrogens (primary N) is 1. The Bertz CT molecular complexity index is 544. The lowest BCUT2D eigenvalue weighted by Crippen LogP contribution is -1.95. The Kier molecular flexibility index (Phi) is 2.75. The molecule has 16 heavy (non-hydrogen) atoms. The van der Waals surface area contributed by atoms with Gasteiger partial charge in [-0.25, -0.2) is 8.78 Å². The summed E-state index contributed by atoms with van der Waals surface area (Å²) >= 11 is 5.75. The van der Waals surface area contributed by atoms with Crippen LogP contribution in [0.1, 0.15) is 0 Å². The first-order valence-corrected chi connectivity index (χ1v) is 4.82. The van der Waals surface area contributed by atoms with Crippen LogP contribution < -0.4 is 5.73 Å². The van der Waals surface area contributed by atoms with Gasteiger partial charge < -0.3 is 5.73 Å². The van der Waals surface area contributed by atoms with Gasteiger partial charge in [-0.15, -0.1) is 0 Å². The predicted octanol–water partition coefficient (Wildman–Crippen LogP) is 3.26. The fourth-order valence-electron chi connectivity index (χ4n) is 1.36. The van der Waals surface area contributed by atoms with Crippen molar-refractivity contribution in [1.82, 2.24) is 4.98 Å². The van der Waals surface area contributed by atoms with Gasteiger partial charge in [0.15, 0.2) is 0 Å². The number of pyridine rings is 1. The van der Waals surface area contributed by atoms with Gasteiger partial charge in [-0.3, -0.25) is 4.98 Å². The molecule has 0 radical (unpaired) electrons. The van der Waals surface area contributed by atoms with Crippen LogP contribution in [0.5, 0.6) is 0 Å². The number of rotatable bonds is 1. The molecule has 1 aromatic heterocycles. The number of halogens is 3. The molecular formula is C11H7ClF2N2. The van der Waals surface area contributed by atoms with E-state index in [0.717, 1.165) is 18.2 Å². The van der Waals surface area contributed by atoms with Crippen LogP contribution in [0.25, 0.3) is 11.1 Å². The number of aromatic nitrogens is 1. The van der Waals surface area contributed by atoms with Crippen LogP contribution in [0.15, 0.2) is 30.6 Å². The second kappa shape index (κ2) is 4.06. The summed E-state index contributed by atoms with van der Waals surface area (Å²) in [6.45, 7) is 0. The third kappa shape index (κ3) is 1.84. The minimum Gasteiger partial charge on any atom is -0.397 e. The summed E-state index contributed by atoms with van der Waals surface area (Å²) in [6.07, 6.45) is 2.69. The van der Waals surface area contributed by atoms with E-state index >= 15 is 0 Å².